The molecule has 47 heavy (non-hydrogen) atoms. The van der Waals surface area contributed by atoms with Crippen LogP contribution in [-0.4, -0.2) is 15.9 Å². The van der Waals surface area contributed by atoms with Gasteiger partial charge in [0.25, 0.3) is 0 Å². The minimum atomic E-state index is -0.417. The van der Waals surface area contributed by atoms with Crippen LogP contribution >= 0.6 is 11.3 Å². The molecule has 5 heteroatoms. The maximum absolute atomic E-state index is 11.5. The summed E-state index contributed by atoms with van der Waals surface area (Å²) in [6, 6.07) is 19.1. The molecule has 6 rings (SSSR count). The molecule has 0 aliphatic heterocycles. The van der Waals surface area contributed by atoms with E-state index < -0.39 is 5.41 Å². The van der Waals surface area contributed by atoms with E-state index in [9.17, 15) is 9.90 Å². The number of benzene rings is 3. The Labute approximate surface area is 299 Å². The number of ketones is 1. The first-order valence-electron chi connectivity index (χ1n) is 16.5. The van der Waals surface area contributed by atoms with Gasteiger partial charge in [-0.15, -0.1) is 40.5 Å². The standard InChI is InChI=1S/C31H30NS.C11H20O2.Ir/c1-18-15-21(16-20-9-7-8-10-22(18)20)28-29-23(11-14-32-28)26-19(2)27-24(17-25(26)33-29)30(3,4)12-13-31(27,5)6;1-10(2,3)8(12)7-9(13)11(4,5)6;/h7-11,14-15,17H,12-13H2,1-6H3;7,12H,1-6H3;/q-1;;/b;8-7-;. The first-order valence-corrected chi connectivity index (χ1v) is 17.3. The van der Waals surface area contributed by atoms with Crippen LogP contribution in [0.4, 0.5) is 0 Å². The Morgan fingerprint density at radius 2 is 1.55 bits per heavy atom. The molecule has 2 heterocycles. The van der Waals surface area contributed by atoms with Crippen molar-refractivity contribution in [2.75, 3.05) is 0 Å². The van der Waals surface area contributed by atoms with Gasteiger partial charge in [0.1, 0.15) is 5.76 Å². The summed E-state index contributed by atoms with van der Waals surface area (Å²) in [5.41, 5.74) is 7.64. The molecule has 3 nitrogen and oxygen atoms in total. The average Bonchev–Trinajstić information content (AvgIpc) is 3.34. The van der Waals surface area contributed by atoms with Crippen molar-refractivity contribution in [1.29, 1.82) is 0 Å². The number of aliphatic hydroxyl groups is 1. The molecule has 251 valence electrons. The number of thiophene rings is 1. The predicted molar refractivity (Wildman–Crippen MR) is 198 cm³/mol. The number of carbonyl (C=O) groups excluding carboxylic acids is 1. The molecule has 0 unspecified atom stereocenters. The third-order valence-corrected chi connectivity index (χ3v) is 10.9. The van der Waals surface area contributed by atoms with Crippen molar-refractivity contribution in [2.24, 2.45) is 10.8 Å². The molecule has 1 N–H and O–H groups in total. The largest absolute Gasteiger partial charge is 0.512 e. The summed E-state index contributed by atoms with van der Waals surface area (Å²) >= 11 is 1.90. The van der Waals surface area contributed by atoms with Gasteiger partial charge in [0.2, 0.25) is 0 Å². The quantitative estimate of drug-likeness (QED) is 0.110. The molecule has 0 spiro atoms. The van der Waals surface area contributed by atoms with Gasteiger partial charge in [-0.2, -0.15) is 0 Å². The zero-order valence-corrected chi connectivity index (χ0v) is 33.4. The smallest absolute Gasteiger partial charge is 0.164 e. The van der Waals surface area contributed by atoms with Crippen LogP contribution in [0.25, 0.3) is 42.2 Å². The summed E-state index contributed by atoms with van der Waals surface area (Å²) in [4.78, 5) is 16.4. The zero-order chi connectivity index (χ0) is 34.0. The van der Waals surface area contributed by atoms with E-state index in [1.807, 2.05) is 59.1 Å². The van der Waals surface area contributed by atoms with Crippen molar-refractivity contribution in [3.8, 4) is 11.3 Å². The summed E-state index contributed by atoms with van der Waals surface area (Å²) in [5.74, 6) is 0.104. The van der Waals surface area contributed by atoms with E-state index in [1.165, 1.54) is 61.2 Å². The number of hydrogen-bond acceptors (Lipinski definition) is 4. The van der Waals surface area contributed by atoms with E-state index in [2.05, 4.69) is 90.1 Å². The maximum atomic E-state index is 11.5. The summed E-state index contributed by atoms with van der Waals surface area (Å²) in [5, 5.41) is 14.7. The molecule has 0 atom stereocenters. The van der Waals surface area contributed by atoms with Gasteiger partial charge in [0.15, 0.2) is 5.78 Å². The predicted octanol–water partition coefficient (Wildman–Crippen LogP) is 12.1. The molecule has 0 bridgehead atoms. The SMILES string of the molecule is CC(C)(C)C(=O)/C=C(\O)C(C)(C)C.Cc1cc(-c2nccc3c2sc2cc4c(c(C)c23)C(C)(C)CCC4(C)C)[c-]c2ccccc12.[Ir]. The monoisotopic (exact) mass is 825 g/mol. The van der Waals surface area contributed by atoms with Gasteiger partial charge >= 0.3 is 0 Å². The molecule has 1 radical (unpaired) electrons. The van der Waals surface area contributed by atoms with Crippen LogP contribution in [0.15, 0.2) is 60.5 Å². The number of rotatable bonds is 2. The van der Waals surface area contributed by atoms with Crippen LogP contribution in [0.3, 0.4) is 0 Å². The molecule has 0 saturated carbocycles. The van der Waals surface area contributed by atoms with Crippen LogP contribution in [0, 0.1) is 30.7 Å². The normalized spacial score (nSPS) is 16.0. The van der Waals surface area contributed by atoms with Crippen molar-refractivity contribution in [3.05, 3.63) is 88.8 Å². The van der Waals surface area contributed by atoms with E-state index in [4.69, 9.17) is 4.98 Å². The average molecular weight is 825 g/mol. The van der Waals surface area contributed by atoms with Crippen LogP contribution in [0.5, 0.6) is 0 Å². The summed E-state index contributed by atoms with van der Waals surface area (Å²) < 4.78 is 2.67. The third-order valence-electron chi connectivity index (χ3n) is 9.72. The molecular weight excluding hydrogens is 775 g/mol. The molecule has 0 amide bonds. The van der Waals surface area contributed by atoms with Gasteiger partial charge in [-0.1, -0.05) is 105 Å². The van der Waals surface area contributed by atoms with E-state index in [0.717, 1.165) is 16.6 Å². The van der Waals surface area contributed by atoms with Crippen LogP contribution in [-0.2, 0) is 35.7 Å². The second-order valence-corrected chi connectivity index (χ2v) is 17.6. The van der Waals surface area contributed by atoms with Gasteiger partial charge < -0.3 is 5.11 Å². The van der Waals surface area contributed by atoms with E-state index in [-0.39, 0.29) is 47.9 Å². The topological polar surface area (TPSA) is 50.2 Å². The fraction of sp³-hybridized carbons (Fsp3) is 0.429. The Morgan fingerprint density at radius 3 is 2.19 bits per heavy atom. The number of nitrogens with zero attached hydrogens (tertiary/aromatic N) is 1. The molecule has 5 aromatic rings. The van der Waals surface area contributed by atoms with Crippen LogP contribution in [0.2, 0.25) is 0 Å². The number of pyridine rings is 1. The van der Waals surface area contributed by atoms with Crippen molar-refractivity contribution < 1.29 is 30.0 Å². The molecule has 0 saturated heterocycles. The van der Waals surface area contributed by atoms with Gasteiger partial charge in [-0.25, -0.2) is 0 Å². The van der Waals surface area contributed by atoms with Crippen molar-refractivity contribution in [2.45, 2.75) is 107 Å². The number of aryl methyl sites for hydroxylation is 2. The summed E-state index contributed by atoms with van der Waals surface area (Å²) in [6.07, 6.45) is 5.79. The van der Waals surface area contributed by atoms with Crippen molar-refractivity contribution in [1.82, 2.24) is 4.98 Å². The van der Waals surface area contributed by atoms with Gasteiger partial charge in [0, 0.05) is 63.7 Å². The van der Waals surface area contributed by atoms with E-state index >= 15 is 0 Å². The van der Waals surface area contributed by atoms with Crippen LogP contribution in [0.1, 0.15) is 104 Å². The maximum Gasteiger partial charge on any atom is 0.164 e. The van der Waals surface area contributed by atoms with Gasteiger partial charge in [-0.3, -0.25) is 9.78 Å². The molecule has 1 aliphatic carbocycles. The van der Waals surface area contributed by atoms with Crippen LogP contribution < -0.4 is 0 Å². The van der Waals surface area contributed by atoms with Gasteiger partial charge in [-0.05, 0) is 64.8 Å². The molecule has 3 aromatic carbocycles. The number of carbonyl (C=O) groups is 1. The number of allylic oxidation sites excluding steroid dienone is 2. The Kier molecular flexibility index (Phi) is 10.1. The summed E-state index contributed by atoms with van der Waals surface area (Å²) in [6.45, 7) is 25.3. The Morgan fingerprint density at radius 1 is 0.915 bits per heavy atom. The Balaban J connectivity index is 0.000000307. The first-order chi connectivity index (χ1) is 21.2. The Bertz CT molecular complexity index is 2010. The van der Waals surface area contributed by atoms with Crippen molar-refractivity contribution >= 4 is 48.1 Å². The van der Waals surface area contributed by atoms with Crippen molar-refractivity contribution in [3.63, 3.8) is 0 Å². The fourth-order valence-electron chi connectivity index (χ4n) is 6.64. The fourth-order valence-corrected chi connectivity index (χ4v) is 7.94. The number of aliphatic hydroxyl groups excluding tert-OH is 1. The van der Waals surface area contributed by atoms with E-state index in [0.29, 0.717) is 0 Å². The zero-order valence-electron chi connectivity index (χ0n) is 30.2. The second-order valence-electron chi connectivity index (χ2n) is 16.5. The minimum Gasteiger partial charge on any atom is -0.512 e. The first kappa shape index (κ1) is 37.0. The third kappa shape index (κ3) is 7.14. The van der Waals surface area contributed by atoms with E-state index in [1.54, 1.807) is 5.56 Å². The molecule has 2 aromatic heterocycles. The molecular formula is C42H50IrNO2S-. The minimum absolute atomic E-state index is 0. The Hall–Kier alpha value is -2.85. The number of hydrogen-bond donors (Lipinski definition) is 1. The molecule has 1 aliphatic rings. The number of fused-ring (bicyclic) bond motifs is 5. The summed E-state index contributed by atoms with van der Waals surface area (Å²) in [7, 11) is 0. The number of aromatic nitrogens is 1. The molecule has 0 fully saturated rings. The van der Waals surface area contributed by atoms with Gasteiger partial charge in [0.05, 0.1) is 0 Å². The second kappa shape index (κ2) is 12.9.